The van der Waals surface area contributed by atoms with E-state index in [1.54, 1.807) is 11.9 Å². The normalized spacial score (nSPS) is 19.6. The van der Waals surface area contributed by atoms with Gasteiger partial charge in [0.15, 0.2) is 5.96 Å². The van der Waals surface area contributed by atoms with Crippen molar-refractivity contribution in [1.82, 2.24) is 15.5 Å². The largest absolute Gasteiger partial charge is 0.372 e. The molecule has 0 spiro atoms. The van der Waals surface area contributed by atoms with Gasteiger partial charge in [-0.2, -0.15) is 0 Å². The van der Waals surface area contributed by atoms with Gasteiger partial charge in [0.2, 0.25) is 5.91 Å². The SMILES string of the molecule is CN=C(NCc1ccc(N2CCC(C)CC2)cc1)NCC1(C(=O)N(C)C)CCCC1. The van der Waals surface area contributed by atoms with Crippen LogP contribution in [0.25, 0.3) is 0 Å². The third kappa shape index (κ3) is 5.46. The maximum Gasteiger partial charge on any atom is 0.230 e. The highest BCUT2D eigenvalue weighted by Gasteiger charge is 2.42. The number of aliphatic imine (C=N–C) groups is 1. The van der Waals surface area contributed by atoms with Crippen molar-refractivity contribution in [2.75, 3.05) is 45.7 Å². The Morgan fingerprint density at radius 3 is 2.33 bits per heavy atom. The summed E-state index contributed by atoms with van der Waals surface area (Å²) in [6.45, 7) is 6.01. The molecule has 30 heavy (non-hydrogen) atoms. The van der Waals surface area contributed by atoms with Gasteiger partial charge in [-0.3, -0.25) is 9.79 Å². The summed E-state index contributed by atoms with van der Waals surface area (Å²) in [6.07, 6.45) is 6.70. The Hall–Kier alpha value is -2.24. The van der Waals surface area contributed by atoms with E-state index in [1.807, 2.05) is 14.1 Å². The maximum absolute atomic E-state index is 12.7. The standard InChI is InChI=1S/C24H39N5O/c1-19-11-15-29(16-12-19)21-9-7-20(8-10-21)17-26-23(25-2)27-18-24(13-5-6-14-24)22(30)28(3)4/h7-10,19H,5-6,11-18H2,1-4H3,(H2,25,26,27). The highest BCUT2D eigenvalue weighted by atomic mass is 16.2. The Morgan fingerprint density at radius 1 is 1.13 bits per heavy atom. The molecule has 1 saturated heterocycles. The Labute approximate surface area is 182 Å². The lowest BCUT2D eigenvalue weighted by Crippen LogP contribution is -2.49. The monoisotopic (exact) mass is 413 g/mol. The third-order valence-corrected chi connectivity index (χ3v) is 6.78. The topological polar surface area (TPSA) is 60.0 Å². The van der Waals surface area contributed by atoms with Crippen molar-refractivity contribution < 1.29 is 4.79 Å². The van der Waals surface area contributed by atoms with E-state index in [9.17, 15) is 4.79 Å². The number of anilines is 1. The first kappa shape index (κ1) is 22.4. The number of hydrogen-bond donors (Lipinski definition) is 2. The molecule has 1 aliphatic heterocycles. The van der Waals surface area contributed by atoms with Gasteiger partial charge in [-0.15, -0.1) is 0 Å². The van der Waals surface area contributed by atoms with Crippen LogP contribution in [0.3, 0.4) is 0 Å². The Morgan fingerprint density at radius 2 is 1.77 bits per heavy atom. The predicted molar refractivity (Wildman–Crippen MR) is 125 cm³/mol. The van der Waals surface area contributed by atoms with Crippen LogP contribution < -0.4 is 15.5 Å². The van der Waals surface area contributed by atoms with Crippen LogP contribution in [0.15, 0.2) is 29.3 Å². The summed E-state index contributed by atoms with van der Waals surface area (Å²) in [4.78, 5) is 21.3. The molecule has 1 aromatic rings. The van der Waals surface area contributed by atoms with Crippen LogP contribution in [0.4, 0.5) is 5.69 Å². The van der Waals surface area contributed by atoms with E-state index < -0.39 is 0 Å². The average molecular weight is 414 g/mol. The predicted octanol–water partition coefficient (Wildman–Crippen LogP) is 3.24. The zero-order valence-electron chi connectivity index (χ0n) is 19.2. The van der Waals surface area contributed by atoms with E-state index in [2.05, 4.69) is 51.7 Å². The second kappa shape index (κ2) is 10.2. The minimum atomic E-state index is -0.297. The number of rotatable bonds is 6. The summed E-state index contributed by atoms with van der Waals surface area (Å²) in [7, 11) is 5.48. The van der Waals surface area contributed by atoms with Gasteiger partial charge in [0.1, 0.15) is 0 Å². The Kier molecular flexibility index (Phi) is 7.62. The van der Waals surface area contributed by atoms with Gasteiger partial charge >= 0.3 is 0 Å². The number of nitrogens with zero attached hydrogens (tertiary/aromatic N) is 3. The van der Waals surface area contributed by atoms with E-state index in [-0.39, 0.29) is 11.3 Å². The van der Waals surface area contributed by atoms with Crippen LogP contribution >= 0.6 is 0 Å². The summed E-state index contributed by atoms with van der Waals surface area (Å²) in [6, 6.07) is 8.85. The zero-order valence-corrected chi connectivity index (χ0v) is 19.2. The van der Waals surface area contributed by atoms with Crippen LogP contribution in [-0.2, 0) is 11.3 Å². The lowest BCUT2D eigenvalue weighted by Gasteiger charge is -2.32. The van der Waals surface area contributed by atoms with Crippen molar-refractivity contribution in [3.8, 4) is 0 Å². The molecular formula is C24H39N5O. The zero-order chi connectivity index (χ0) is 21.6. The summed E-state index contributed by atoms with van der Waals surface area (Å²) >= 11 is 0. The van der Waals surface area contributed by atoms with Gasteiger partial charge in [0.05, 0.1) is 5.41 Å². The van der Waals surface area contributed by atoms with Crippen LogP contribution in [0.1, 0.15) is 51.0 Å². The number of guanidine groups is 1. The number of carbonyl (C=O) groups is 1. The molecule has 1 aromatic carbocycles. The second-order valence-electron chi connectivity index (χ2n) is 9.30. The van der Waals surface area contributed by atoms with Gasteiger partial charge < -0.3 is 20.4 Å². The molecule has 0 bridgehead atoms. The minimum Gasteiger partial charge on any atom is -0.372 e. The molecule has 2 fully saturated rings. The van der Waals surface area contributed by atoms with E-state index in [0.717, 1.165) is 50.7 Å². The number of piperidine rings is 1. The van der Waals surface area contributed by atoms with Crippen molar-refractivity contribution in [1.29, 1.82) is 0 Å². The minimum absolute atomic E-state index is 0.227. The highest BCUT2D eigenvalue weighted by Crippen LogP contribution is 2.38. The van der Waals surface area contributed by atoms with Crippen LogP contribution in [0.5, 0.6) is 0 Å². The molecule has 1 amide bonds. The summed E-state index contributed by atoms with van der Waals surface area (Å²) < 4.78 is 0. The fourth-order valence-electron chi connectivity index (χ4n) is 4.74. The lowest BCUT2D eigenvalue weighted by atomic mass is 9.84. The van der Waals surface area contributed by atoms with Gasteiger partial charge in [-0.25, -0.2) is 0 Å². The molecule has 0 atom stereocenters. The maximum atomic E-state index is 12.7. The number of nitrogens with one attached hydrogen (secondary N) is 2. The second-order valence-corrected chi connectivity index (χ2v) is 9.30. The van der Waals surface area contributed by atoms with Crippen LogP contribution in [-0.4, -0.2) is 57.5 Å². The number of amides is 1. The first-order valence-electron chi connectivity index (χ1n) is 11.4. The molecule has 2 aliphatic rings. The molecule has 1 heterocycles. The van der Waals surface area contributed by atoms with Gasteiger partial charge in [0, 0.05) is 53.0 Å². The molecule has 0 radical (unpaired) electrons. The molecule has 1 saturated carbocycles. The Balaban J connectivity index is 1.51. The molecule has 3 rings (SSSR count). The summed E-state index contributed by atoms with van der Waals surface area (Å²) in [5.74, 6) is 1.83. The average Bonchev–Trinajstić information content (AvgIpc) is 3.24. The molecule has 1 aliphatic carbocycles. The van der Waals surface area contributed by atoms with E-state index in [4.69, 9.17) is 0 Å². The fraction of sp³-hybridized carbons (Fsp3) is 0.667. The van der Waals surface area contributed by atoms with E-state index in [1.165, 1.54) is 24.1 Å². The molecule has 0 aromatic heterocycles. The van der Waals surface area contributed by atoms with Crippen molar-refractivity contribution in [3.05, 3.63) is 29.8 Å². The highest BCUT2D eigenvalue weighted by molar-refractivity contribution is 5.85. The van der Waals surface area contributed by atoms with E-state index >= 15 is 0 Å². The molecule has 6 nitrogen and oxygen atoms in total. The van der Waals surface area contributed by atoms with Crippen LogP contribution in [0.2, 0.25) is 0 Å². The summed E-state index contributed by atoms with van der Waals surface area (Å²) in [5, 5.41) is 6.81. The van der Waals surface area contributed by atoms with Crippen molar-refractivity contribution in [2.24, 2.45) is 16.3 Å². The molecule has 2 N–H and O–H groups in total. The lowest BCUT2D eigenvalue weighted by molar-refractivity contribution is -0.138. The first-order valence-corrected chi connectivity index (χ1v) is 11.4. The van der Waals surface area contributed by atoms with Crippen molar-refractivity contribution >= 4 is 17.6 Å². The number of benzene rings is 1. The van der Waals surface area contributed by atoms with Gasteiger partial charge in [-0.05, 0) is 49.3 Å². The third-order valence-electron chi connectivity index (χ3n) is 6.78. The van der Waals surface area contributed by atoms with Gasteiger partial charge in [0.25, 0.3) is 0 Å². The van der Waals surface area contributed by atoms with Gasteiger partial charge in [-0.1, -0.05) is 31.9 Å². The van der Waals surface area contributed by atoms with E-state index in [0.29, 0.717) is 13.1 Å². The van der Waals surface area contributed by atoms with Crippen molar-refractivity contribution in [2.45, 2.75) is 52.0 Å². The quantitative estimate of drug-likeness (QED) is 0.555. The molecule has 6 heteroatoms. The van der Waals surface area contributed by atoms with Crippen molar-refractivity contribution in [3.63, 3.8) is 0 Å². The summed E-state index contributed by atoms with van der Waals surface area (Å²) in [5.41, 5.74) is 2.25. The fourth-order valence-corrected chi connectivity index (χ4v) is 4.74. The number of carbonyl (C=O) groups excluding carboxylic acids is 1. The smallest absolute Gasteiger partial charge is 0.230 e. The van der Waals surface area contributed by atoms with Crippen LogP contribution in [0, 0.1) is 11.3 Å². The number of hydrogen-bond acceptors (Lipinski definition) is 3. The molecular weight excluding hydrogens is 374 g/mol. The Bertz CT molecular complexity index is 714. The molecule has 166 valence electrons. The first-order chi connectivity index (χ1) is 14.4. The molecule has 0 unspecified atom stereocenters.